The van der Waals surface area contributed by atoms with E-state index in [1.54, 1.807) is 18.2 Å². The zero-order valence-electron chi connectivity index (χ0n) is 10.0. The number of ether oxygens (including phenoxy) is 1. The van der Waals surface area contributed by atoms with Gasteiger partial charge in [0.15, 0.2) is 0 Å². The Balaban J connectivity index is 2.42. The first-order chi connectivity index (χ1) is 8.58. The summed E-state index contributed by atoms with van der Waals surface area (Å²) in [5.41, 5.74) is 1.44. The molecule has 2 rings (SSSR count). The maximum Gasteiger partial charge on any atom is 0.307 e. The number of carboxylic acids is 1. The molecule has 0 spiro atoms. The zero-order valence-corrected chi connectivity index (χ0v) is 10.0. The Labute approximate surface area is 105 Å². The maximum absolute atomic E-state index is 11.2. The third-order valence-electron chi connectivity index (χ3n) is 3.56. The number of benzene rings is 1. The number of carboxylic acid groups (broad SMARTS) is 1. The lowest BCUT2D eigenvalue weighted by Gasteiger charge is -2.33. The molecule has 0 bridgehead atoms. The van der Waals surface area contributed by atoms with Gasteiger partial charge in [-0.3, -0.25) is 4.79 Å². The molecule has 18 heavy (non-hydrogen) atoms. The average molecular weight is 252 g/mol. The minimum atomic E-state index is -0.991. The first kappa shape index (κ1) is 12.9. The van der Waals surface area contributed by atoms with Gasteiger partial charge in [-0.15, -0.1) is 0 Å². The van der Waals surface area contributed by atoms with Gasteiger partial charge in [0.25, 0.3) is 0 Å². The molecule has 5 heteroatoms. The number of aliphatic hydroxyl groups excluding tert-OH is 2. The zero-order chi connectivity index (χ0) is 13.3. The summed E-state index contributed by atoms with van der Waals surface area (Å²) in [6.07, 6.45) is -0.660. The molecule has 1 aliphatic carbocycles. The fourth-order valence-corrected chi connectivity index (χ4v) is 2.50. The second-order valence-electron chi connectivity index (χ2n) is 4.50. The van der Waals surface area contributed by atoms with Gasteiger partial charge in [0, 0.05) is 12.5 Å². The van der Waals surface area contributed by atoms with Gasteiger partial charge < -0.3 is 20.1 Å². The van der Waals surface area contributed by atoms with E-state index in [1.807, 2.05) is 0 Å². The van der Waals surface area contributed by atoms with E-state index in [0.29, 0.717) is 17.7 Å². The number of methoxy groups -OCH3 is 1. The molecule has 98 valence electrons. The number of hydrogen-bond donors (Lipinski definition) is 3. The van der Waals surface area contributed by atoms with E-state index in [1.165, 1.54) is 7.11 Å². The van der Waals surface area contributed by atoms with Crippen LogP contribution in [0.25, 0.3) is 0 Å². The van der Waals surface area contributed by atoms with Crippen LogP contribution in [0.15, 0.2) is 18.2 Å². The van der Waals surface area contributed by atoms with Crippen LogP contribution in [0.3, 0.4) is 0 Å². The van der Waals surface area contributed by atoms with E-state index in [4.69, 9.17) is 9.84 Å². The summed E-state index contributed by atoms with van der Waals surface area (Å²) in [6, 6.07) is 5.20. The monoisotopic (exact) mass is 252 g/mol. The second kappa shape index (κ2) is 4.96. The van der Waals surface area contributed by atoms with Gasteiger partial charge in [0.2, 0.25) is 0 Å². The van der Waals surface area contributed by atoms with Crippen LogP contribution in [0, 0.1) is 11.8 Å². The average Bonchev–Trinajstić information content (AvgIpc) is 2.38. The van der Waals surface area contributed by atoms with Crippen LogP contribution in [0.4, 0.5) is 0 Å². The fourth-order valence-electron chi connectivity index (χ4n) is 2.50. The van der Waals surface area contributed by atoms with Crippen LogP contribution in [-0.4, -0.2) is 35.0 Å². The van der Waals surface area contributed by atoms with Gasteiger partial charge in [-0.1, -0.05) is 6.07 Å². The van der Waals surface area contributed by atoms with Crippen LogP contribution in [0.1, 0.15) is 17.2 Å². The Bertz CT molecular complexity index is 457. The smallest absolute Gasteiger partial charge is 0.307 e. The Hall–Kier alpha value is -1.59. The summed E-state index contributed by atoms with van der Waals surface area (Å²) in [6.45, 7) is -0.352. The minimum absolute atomic E-state index is 0.316. The molecule has 1 aliphatic rings. The third-order valence-corrected chi connectivity index (χ3v) is 3.56. The lowest BCUT2D eigenvalue weighted by Crippen LogP contribution is -2.36. The molecule has 1 aromatic rings. The molecule has 0 heterocycles. The van der Waals surface area contributed by atoms with Gasteiger partial charge in [-0.2, -0.15) is 0 Å². The maximum atomic E-state index is 11.2. The van der Waals surface area contributed by atoms with Crippen LogP contribution in [0.2, 0.25) is 0 Å². The molecule has 0 fully saturated rings. The molecule has 5 nitrogen and oxygen atoms in total. The molecule has 0 saturated heterocycles. The topological polar surface area (TPSA) is 87.0 Å². The highest BCUT2D eigenvalue weighted by atomic mass is 16.5. The Morgan fingerprint density at radius 1 is 1.50 bits per heavy atom. The largest absolute Gasteiger partial charge is 0.497 e. The quantitative estimate of drug-likeness (QED) is 0.733. The molecule has 3 atom stereocenters. The molecule has 0 unspecified atom stereocenters. The first-order valence-corrected chi connectivity index (χ1v) is 5.77. The SMILES string of the molecule is COc1ccc2c(c1)[C@H](O)[C@@H](CO)[C@H](C(=O)O)C2. The Kier molecular flexibility index (Phi) is 3.54. The molecule has 0 aromatic heterocycles. The molecular formula is C13H16O5. The summed E-state index contributed by atoms with van der Waals surface area (Å²) in [4.78, 5) is 11.2. The highest BCUT2D eigenvalue weighted by Gasteiger charge is 2.39. The van der Waals surface area contributed by atoms with Crippen molar-refractivity contribution in [1.29, 1.82) is 0 Å². The summed E-state index contributed by atoms with van der Waals surface area (Å²) in [5, 5.41) is 28.6. The minimum Gasteiger partial charge on any atom is -0.497 e. The van der Waals surface area contributed by atoms with E-state index in [9.17, 15) is 15.0 Å². The van der Waals surface area contributed by atoms with Crippen molar-refractivity contribution in [3.05, 3.63) is 29.3 Å². The van der Waals surface area contributed by atoms with Crippen LogP contribution in [0.5, 0.6) is 5.75 Å². The van der Waals surface area contributed by atoms with Gasteiger partial charge in [-0.25, -0.2) is 0 Å². The first-order valence-electron chi connectivity index (χ1n) is 5.77. The van der Waals surface area contributed by atoms with Crippen molar-refractivity contribution in [2.24, 2.45) is 11.8 Å². The predicted octanol–water partition coefficient (Wildman–Crippen LogP) is 0.594. The molecule has 3 N–H and O–H groups in total. The van der Waals surface area contributed by atoms with E-state index in [0.717, 1.165) is 5.56 Å². The van der Waals surface area contributed by atoms with E-state index in [-0.39, 0.29) is 6.61 Å². The standard InChI is InChI=1S/C13H16O5/c1-18-8-3-2-7-4-10(13(16)17)11(6-14)12(15)9(7)5-8/h2-3,5,10-12,14-15H,4,6H2,1H3,(H,16,17)/t10-,11+,12+/m1/s1. The Morgan fingerprint density at radius 3 is 2.78 bits per heavy atom. The van der Waals surface area contributed by atoms with Crippen LogP contribution >= 0.6 is 0 Å². The summed E-state index contributed by atoms with van der Waals surface area (Å²) in [5.74, 6) is -1.82. The molecule has 0 aliphatic heterocycles. The van der Waals surface area contributed by atoms with Crippen molar-refractivity contribution in [3.8, 4) is 5.75 Å². The molecule has 0 radical (unpaired) electrons. The second-order valence-corrected chi connectivity index (χ2v) is 4.50. The molecule has 1 aromatic carbocycles. The molecular weight excluding hydrogens is 236 g/mol. The highest BCUT2D eigenvalue weighted by Crippen LogP contribution is 2.39. The van der Waals surface area contributed by atoms with Gasteiger partial charge >= 0.3 is 5.97 Å². The summed E-state index contributed by atoms with van der Waals surface area (Å²) >= 11 is 0. The summed E-state index contributed by atoms with van der Waals surface area (Å²) in [7, 11) is 1.53. The van der Waals surface area contributed by atoms with Crippen molar-refractivity contribution in [3.63, 3.8) is 0 Å². The third kappa shape index (κ3) is 2.07. The number of fused-ring (bicyclic) bond motifs is 1. The summed E-state index contributed by atoms with van der Waals surface area (Å²) < 4.78 is 5.08. The number of rotatable bonds is 3. The van der Waals surface area contributed by atoms with E-state index in [2.05, 4.69) is 0 Å². The van der Waals surface area contributed by atoms with Crippen molar-refractivity contribution < 1.29 is 24.9 Å². The van der Waals surface area contributed by atoms with Gasteiger partial charge in [0.1, 0.15) is 5.75 Å². The van der Waals surface area contributed by atoms with Gasteiger partial charge in [0.05, 0.1) is 19.1 Å². The number of hydrogen-bond acceptors (Lipinski definition) is 4. The molecule has 0 amide bonds. The number of aliphatic hydroxyl groups is 2. The van der Waals surface area contributed by atoms with E-state index < -0.39 is 23.9 Å². The normalized spacial score (nSPS) is 26.5. The van der Waals surface area contributed by atoms with Crippen LogP contribution < -0.4 is 4.74 Å². The van der Waals surface area contributed by atoms with Crippen molar-refractivity contribution in [2.45, 2.75) is 12.5 Å². The highest BCUT2D eigenvalue weighted by molar-refractivity contribution is 5.71. The molecule has 0 saturated carbocycles. The predicted molar refractivity (Wildman–Crippen MR) is 63.4 cm³/mol. The fraction of sp³-hybridized carbons (Fsp3) is 0.462. The number of carbonyl (C=O) groups is 1. The van der Waals surface area contributed by atoms with Crippen LogP contribution in [-0.2, 0) is 11.2 Å². The van der Waals surface area contributed by atoms with Gasteiger partial charge in [-0.05, 0) is 29.7 Å². The number of aliphatic carboxylic acids is 1. The Morgan fingerprint density at radius 2 is 2.22 bits per heavy atom. The lowest BCUT2D eigenvalue weighted by atomic mass is 9.74. The van der Waals surface area contributed by atoms with Crippen molar-refractivity contribution in [2.75, 3.05) is 13.7 Å². The van der Waals surface area contributed by atoms with E-state index >= 15 is 0 Å². The van der Waals surface area contributed by atoms with Crippen molar-refractivity contribution >= 4 is 5.97 Å². The van der Waals surface area contributed by atoms with Crippen molar-refractivity contribution in [1.82, 2.24) is 0 Å². The lowest BCUT2D eigenvalue weighted by molar-refractivity contribution is -0.147.